The van der Waals surface area contributed by atoms with Gasteiger partial charge in [-0.1, -0.05) is 11.6 Å². The zero-order valence-corrected chi connectivity index (χ0v) is 11.9. The monoisotopic (exact) mass is 276 g/mol. The predicted molar refractivity (Wildman–Crippen MR) is 75.7 cm³/mol. The van der Waals surface area contributed by atoms with Gasteiger partial charge in [0.1, 0.15) is 0 Å². The highest BCUT2D eigenvalue weighted by Gasteiger charge is 2.20. The minimum atomic E-state index is 0.668. The molecule has 5 heteroatoms. The summed E-state index contributed by atoms with van der Waals surface area (Å²) in [6, 6.07) is 4.72. The normalized spacial score (nSPS) is 14.9. The van der Waals surface area contributed by atoms with Gasteiger partial charge in [-0.05, 0) is 44.4 Å². The highest BCUT2D eigenvalue weighted by molar-refractivity contribution is 6.31. The number of pyridine rings is 1. The molecule has 0 radical (unpaired) electrons. The summed E-state index contributed by atoms with van der Waals surface area (Å²) in [7, 11) is 0. The van der Waals surface area contributed by atoms with Gasteiger partial charge in [0, 0.05) is 24.5 Å². The molecule has 0 atom stereocenters. The average Bonchev–Trinajstić information content (AvgIpc) is 3.13. The number of hydrogen-bond acceptors (Lipinski definition) is 3. The topological polar surface area (TPSA) is 42.7 Å². The molecule has 2 heterocycles. The van der Waals surface area contributed by atoms with E-state index in [0.29, 0.717) is 11.1 Å². The van der Waals surface area contributed by atoms with Crippen molar-refractivity contribution < 1.29 is 0 Å². The molecule has 4 nitrogen and oxygen atoms in total. The maximum absolute atomic E-state index is 6.20. The van der Waals surface area contributed by atoms with Gasteiger partial charge >= 0.3 is 0 Å². The van der Waals surface area contributed by atoms with Crippen molar-refractivity contribution in [2.24, 2.45) is 0 Å². The first-order valence-corrected chi connectivity index (χ1v) is 6.93. The van der Waals surface area contributed by atoms with Crippen LogP contribution in [0.4, 0.5) is 0 Å². The Labute approximate surface area is 117 Å². The third-order valence-electron chi connectivity index (χ3n) is 3.31. The number of hydrogen-bond donors (Lipinski definition) is 1. The van der Waals surface area contributed by atoms with E-state index in [4.69, 9.17) is 11.6 Å². The van der Waals surface area contributed by atoms with Crippen LogP contribution in [0.1, 0.15) is 29.8 Å². The van der Waals surface area contributed by atoms with Gasteiger partial charge in [0.25, 0.3) is 0 Å². The van der Waals surface area contributed by atoms with Crippen molar-refractivity contribution in [3.63, 3.8) is 0 Å². The largest absolute Gasteiger partial charge is 0.310 e. The van der Waals surface area contributed by atoms with Crippen molar-refractivity contribution in [1.82, 2.24) is 20.1 Å². The zero-order chi connectivity index (χ0) is 13.4. The van der Waals surface area contributed by atoms with E-state index in [2.05, 4.69) is 15.4 Å². The fraction of sp³-hybridized carbons (Fsp3) is 0.429. The summed E-state index contributed by atoms with van der Waals surface area (Å²) in [5, 5.41) is 8.63. The summed E-state index contributed by atoms with van der Waals surface area (Å²) in [5.74, 6) is 0.822. The Kier molecular flexibility index (Phi) is 3.29. The Morgan fingerprint density at radius 1 is 1.37 bits per heavy atom. The molecule has 1 saturated carbocycles. The third kappa shape index (κ3) is 2.80. The van der Waals surface area contributed by atoms with Crippen molar-refractivity contribution >= 4 is 11.6 Å². The number of nitrogens with zero attached hydrogens (tertiary/aromatic N) is 3. The minimum Gasteiger partial charge on any atom is -0.310 e. The molecule has 0 spiro atoms. The number of halogens is 1. The molecule has 100 valence electrons. The van der Waals surface area contributed by atoms with Gasteiger partial charge in [0.2, 0.25) is 0 Å². The van der Waals surface area contributed by atoms with Crippen LogP contribution in [0.25, 0.3) is 5.82 Å². The summed E-state index contributed by atoms with van der Waals surface area (Å²) < 4.78 is 1.85. The lowest BCUT2D eigenvalue weighted by molar-refractivity contribution is 0.685. The third-order valence-corrected chi connectivity index (χ3v) is 3.65. The van der Waals surface area contributed by atoms with Gasteiger partial charge in [0.15, 0.2) is 5.82 Å². The molecule has 0 saturated heterocycles. The molecule has 19 heavy (non-hydrogen) atoms. The van der Waals surface area contributed by atoms with E-state index in [-0.39, 0.29) is 0 Å². The molecule has 1 N–H and O–H groups in total. The standard InChI is InChI=1S/C14H17ClN4/c1-9-5-10(2)19(18-9)14-6-11(13(15)8-17-14)7-16-12-3-4-12/h5-6,8,12,16H,3-4,7H2,1-2H3. The first-order valence-electron chi connectivity index (χ1n) is 6.55. The molecule has 0 aromatic carbocycles. The van der Waals surface area contributed by atoms with E-state index >= 15 is 0 Å². The van der Waals surface area contributed by atoms with Crippen LogP contribution in [0, 0.1) is 13.8 Å². The van der Waals surface area contributed by atoms with Crippen molar-refractivity contribution in [3.05, 3.63) is 40.3 Å². The maximum atomic E-state index is 6.20. The fourth-order valence-corrected chi connectivity index (χ4v) is 2.29. The zero-order valence-electron chi connectivity index (χ0n) is 11.2. The molecule has 2 aromatic heterocycles. The average molecular weight is 277 g/mol. The Hall–Kier alpha value is -1.39. The lowest BCUT2D eigenvalue weighted by atomic mass is 10.2. The summed E-state index contributed by atoms with van der Waals surface area (Å²) in [6.07, 6.45) is 4.25. The van der Waals surface area contributed by atoms with Gasteiger partial charge in [0.05, 0.1) is 10.7 Å². The molecule has 0 aliphatic heterocycles. The second-order valence-electron chi connectivity index (χ2n) is 5.13. The van der Waals surface area contributed by atoms with E-state index in [1.165, 1.54) is 12.8 Å². The predicted octanol–water partition coefficient (Wildman–Crippen LogP) is 2.79. The van der Waals surface area contributed by atoms with Gasteiger partial charge < -0.3 is 5.32 Å². The Morgan fingerprint density at radius 3 is 2.79 bits per heavy atom. The van der Waals surface area contributed by atoms with Crippen molar-refractivity contribution in [2.45, 2.75) is 39.3 Å². The van der Waals surface area contributed by atoms with Crippen LogP contribution in [-0.4, -0.2) is 20.8 Å². The summed E-state index contributed by atoms with van der Waals surface area (Å²) in [4.78, 5) is 4.37. The van der Waals surface area contributed by atoms with Gasteiger partial charge in [-0.3, -0.25) is 0 Å². The van der Waals surface area contributed by atoms with E-state index in [1.807, 2.05) is 30.7 Å². The molecule has 2 aromatic rings. The molecule has 1 aliphatic rings. The lowest BCUT2D eigenvalue weighted by Gasteiger charge is -2.09. The van der Waals surface area contributed by atoms with Crippen LogP contribution < -0.4 is 5.32 Å². The number of rotatable bonds is 4. The molecule has 1 fully saturated rings. The molecule has 0 amide bonds. The van der Waals surface area contributed by atoms with Crippen LogP contribution in [0.3, 0.4) is 0 Å². The summed E-state index contributed by atoms with van der Waals surface area (Å²) in [6.45, 7) is 4.80. The van der Waals surface area contributed by atoms with Crippen LogP contribution >= 0.6 is 11.6 Å². The smallest absolute Gasteiger partial charge is 0.153 e. The highest BCUT2D eigenvalue weighted by atomic mass is 35.5. The van der Waals surface area contributed by atoms with E-state index in [9.17, 15) is 0 Å². The van der Waals surface area contributed by atoms with E-state index in [1.54, 1.807) is 6.20 Å². The van der Waals surface area contributed by atoms with Crippen molar-refractivity contribution in [1.29, 1.82) is 0 Å². The van der Waals surface area contributed by atoms with Gasteiger partial charge in [-0.15, -0.1) is 0 Å². The molecule has 1 aliphatic carbocycles. The van der Waals surface area contributed by atoms with Crippen LogP contribution in [0.2, 0.25) is 5.02 Å². The first-order chi connectivity index (χ1) is 9.13. The molecular formula is C14H17ClN4. The second-order valence-corrected chi connectivity index (χ2v) is 5.54. The SMILES string of the molecule is Cc1cc(C)n(-c2cc(CNC3CC3)c(Cl)cn2)n1. The van der Waals surface area contributed by atoms with Crippen LogP contribution in [0.5, 0.6) is 0 Å². The van der Waals surface area contributed by atoms with E-state index in [0.717, 1.165) is 29.3 Å². The van der Waals surface area contributed by atoms with E-state index < -0.39 is 0 Å². The lowest BCUT2D eigenvalue weighted by Crippen LogP contribution is -2.16. The Morgan fingerprint density at radius 2 is 2.16 bits per heavy atom. The summed E-state index contributed by atoms with van der Waals surface area (Å²) in [5.41, 5.74) is 3.14. The van der Waals surface area contributed by atoms with Gasteiger partial charge in [-0.25, -0.2) is 9.67 Å². The molecule has 0 unspecified atom stereocenters. The number of aryl methyl sites for hydroxylation is 2. The quantitative estimate of drug-likeness (QED) is 0.934. The highest BCUT2D eigenvalue weighted by Crippen LogP contribution is 2.22. The molecule has 3 rings (SSSR count). The fourth-order valence-electron chi connectivity index (χ4n) is 2.12. The van der Waals surface area contributed by atoms with Crippen molar-refractivity contribution in [2.75, 3.05) is 0 Å². The maximum Gasteiger partial charge on any atom is 0.153 e. The number of aromatic nitrogens is 3. The second kappa shape index (κ2) is 4.94. The first kappa shape index (κ1) is 12.6. The summed E-state index contributed by atoms with van der Waals surface area (Å²) >= 11 is 6.20. The van der Waals surface area contributed by atoms with Gasteiger partial charge in [-0.2, -0.15) is 5.10 Å². The molecular weight excluding hydrogens is 260 g/mol. The van der Waals surface area contributed by atoms with Crippen LogP contribution in [-0.2, 0) is 6.54 Å². The Bertz CT molecular complexity index is 601. The Balaban J connectivity index is 1.89. The van der Waals surface area contributed by atoms with Crippen LogP contribution in [0.15, 0.2) is 18.3 Å². The number of nitrogens with one attached hydrogen (secondary N) is 1. The minimum absolute atomic E-state index is 0.668. The molecule has 0 bridgehead atoms. The van der Waals surface area contributed by atoms with Crippen molar-refractivity contribution in [3.8, 4) is 5.82 Å².